The monoisotopic (exact) mass is 314 g/mol. The second-order valence-corrected chi connectivity index (χ2v) is 6.57. The van der Waals surface area contributed by atoms with Gasteiger partial charge in [-0.25, -0.2) is 4.98 Å². The van der Waals surface area contributed by atoms with Crippen LogP contribution in [0.3, 0.4) is 0 Å². The molecule has 1 aromatic carbocycles. The fraction of sp³-hybridized carbons (Fsp3) is 0.500. The van der Waals surface area contributed by atoms with Crippen LogP contribution in [0, 0.1) is 0 Å². The molecular formula is C18H26N4O. The summed E-state index contributed by atoms with van der Waals surface area (Å²) in [7, 11) is 4.01. The molecule has 0 amide bonds. The first kappa shape index (κ1) is 16.0. The normalized spacial score (nSPS) is 15.6. The maximum atomic E-state index is 10.0. The standard InChI is InChI=1S/C18H26N4O/c1-20(2)14-16-13-15(5-6-17(16)23)18-19-7-10-22(18)12-11-21-8-3-4-9-21/h5-7,10,13,23H,3-4,8-9,11-12,14H2,1-2H3. The van der Waals surface area contributed by atoms with Crippen molar-refractivity contribution >= 4 is 0 Å². The molecule has 1 fully saturated rings. The van der Waals surface area contributed by atoms with Crippen molar-refractivity contribution in [2.45, 2.75) is 25.9 Å². The van der Waals surface area contributed by atoms with Crippen molar-refractivity contribution in [3.05, 3.63) is 36.2 Å². The molecule has 2 heterocycles. The van der Waals surface area contributed by atoms with Crippen LogP contribution in [0.15, 0.2) is 30.6 Å². The van der Waals surface area contributed by atoms with Crippen molar-refractivity contribution in [3.63, 3.8) is 0 Å². The van der Waals surface area contributed by atoms with Gasteiger partial charge in [-0.05, 0) is 58.2 Å². The Hall–Kier alpha value is -1.85. The number of aromatic hydroxyl groups is 1. The molecule has 1 aliphatic heterocycles. The Kier molecular flexibility index (Phi) is 4.98. The van der Waals surface area contributed by atoms with Gasteiger partial charge >= 0.3 is 0 Å². The second-order valence-electron chi connectivity index (χ2n) is 6.57. The third kappa shape index (κ3) is 3.92. The minimum Gasteiger partial charge on any atom is -0.508 e. The molecule has 2 aromatic rings. The van der Waals surface area contributed by atoms with E-state index >= 15 is 0 Å². The van der Waals surface area contributed by atoms with E-state index < -0.39 is 0 Å². The highest BCUT2D eigenvalue weighted by atomic mass is 16.3. The molecule has 0 aliphatic carbocycles. The molecule has 1 N–H and O–H groups in total. The Bertz CT molecular complexity index is 644. The number of phenols is 1. The topological polar surface area (TPSA) is 44.5 Å². The van der Waals surface area contributed by atoms with Gasteiger partial charge < -0.3 is 19.5 Å². The summed E-state index contributed by atoms with van der Waals surface area (Å²) < 4.78 is 2.21. The zero-order valence-corrected chi connectivity index (χ0v) is 14.1. The van der Waals surface area contributed by atoms with Gasteiger partial charge in [0.05, 0.1) is 0 Å². The van der Waals surface area contributed by atoms with Crippen molar-refractivity contribution in [1.82, 2.24) is 19.4 Å². The van der Waals surface area contributed by atoms with E-state index in [1.54, 1.807) is 6.07 Å². The van der Waals surface area contributed by atoms with E-state index in [-0.39, 0.29) is 0 Å². The van der Waals surface area contributed by atoms with Crippen LogP contribution in [0.1, 0.15) is 18.4 Å². The van der Waals surface area contributed by atoms with Gasteiger partial charge in [0.2, 0.25) is 0 Å². The minimum absolute atomic E-state index is 0.345. The van der Waals surface area contributed by atoms with Crippen LogP contribution < -0.4 is 0 Å². The molecule has 0 spiro atoms. The molecule has 124 valence electrons. The van der Waals surface area contributed by atoms with E-state index in [0.717, 1.165) is 30.0 Å². The highest BCUT2D eigenvalue weighted by Gasteiger charge is 2.13. The van der Waals surface area contributed by atoms with Crippen LogP contribution in [0.25, 0.3) is 11.4 Å². The van der Waals surface area contributed by atoms with E-state index in [2.05, 4.69) is 19.4 Å². The Labute approximate surface area is 138 Å². The quantitative estimate of drug-likeness (QED) is 0.889. The fourth-order valence-corrected chi connectivity index (χ4v) is 3.20. The lowest BCUT2D eigenvalue weighted by atomic mass is 10.1. The molecule has 0 unspecified atom stereocenters. The number of nitrogens with zero attached hydrogens (tertiary/aromatic N) is 4. The summed E-state index contributed by atoms with van der Waals surface area (Å²) in [5.74, 6) is 1.32. The maximum absolute atomic E-state index is 10.0. The van der Waals surface area contributed by atoms with Gasteiger partial charge in [0.1, 0.15) is 11.6 Å². The second kappa shape index (κ2) is 7.15. The van der Waals surface area contributed by atoms with E-state index in [1.165, 1.54) is 25.9 Å². The number of rotatable bonds is 6. The van der Waals surface area contributed by atoms with Gasteiger partial charge in [0.25, 0.3) is 0 Å². The maximum Gasteiger partial charge on any atom is 0.139 e. The van der Waals surface area contributed by atoms with Crippen molar-refractivity contribution < 1.29 is 5.11 Å². The van der Waals surface area contributed by atoms with Crippen LogP contribution in [0.5, 0.6) is 5.75 Å². The van der Waals surface area contributed by atoms with E-state index in [1.807, 2.05) is 38.6 Å². The average molecular weight is 314 g/mol. The van der Waals surface area contributed by atoms with Crippen LogP contribution in [0.4, 0.5) is 0 Å². The summed E-state index contributed by atoms with van der Waals surface area (Å²) in [5, 5.41) is 10.0. The zero-order chi connectivity index (χ0) is 16.2. The summed E-state index contributed by atoms with van der Waals surface area (Å²) in [4.78, 5) is 9.10. The molecule has 5 nitrogen and oxygen atoms in total. The Balaban J connectivity index is 1.77. The molecule has 1 aliphatic rings. The summed E-state index contributed by atoms with van der Waals surface area (Å²) in [6.45, 7) is 5.19. The van der Waals surface area contributed by atoms with E-state index in [4.69, 9.17) is 0 Å². The lowest BCUT2D eigenvalue weighted by Gasteiger charge is -2.17. The Morgan fingerprint density at radius 2 is 1.96 bits per heavy atom. The van der Waals surface area contributed by atoms with E-state index in [9.17, 15) is 5.11 Å². The number of aromatic nitrogens is 2. The zero-order valence-electron chi connectivity index (χ0n) is 14.1. The van der Waals surface area contributed by atoms with Gasteiger partial charge in [-0.2, -0.15) is 0 Å². The molecule has 23 heavy (non-hydrogen) atoms. The van der Waals surface area contributed by atoms with Gasteiger partial charge in [-0.3, -0.25) is 0 Å². The Morgan fingerprint density at radius 3 is 2.70 bits per heavy atom. The number of imidazole rings is 1. The van der Waals surface area contributed by atoms with Crippen LogP contribution in [-0.4, -0.2) is 58.2 Å². The van der Waals surface area contributed by atoms with Gasteiger partial charge in [0.15, 0.2) is 0 Å². The molecule has 3 rings (SSSR count). The number of benzene rings is 1. The van der Waals surface area contributed by atoms with Crippen LogP contribution >= 0.6 is 0 Å². The minimum atomic E-state index is 0.345. The summed E-state index contributed by atoms with van der Waals surface area (Å²) in [6, 6.07) is 5.76. The predicted octanol–water partition coefficient (Wildman–Crippen LogP) is 2.41. The molecule has 0 atom stereocenters. The molecule has 5 heteroatoms. The third-order valence-corrected chi connectivity index (χ3v) is 4.40. The molecule has 1 aromatic heterocycles. The van der Waals surface area contributed by atoms with Crippen molar-refractivity contribution in [1.29, 1.82) is 0 Å². The molecule has 0 saturated carbocycles. The van der Waals surface area contributed by atoms with Gasteiger partial charge in [0, 0.05) is 43.2 Å². The number of hydrogen-bond acceptors (Lipinski definition) is 4. The van der Waals surface area contributed by atoms with Crippen molar-refractivity contribution in [3.8, 4) is 17.1 Å². The van der Waals surface area contributed by atoms with Crippen molar-refractivity contribution in [2.75, 3.05) is 33.7 Å². The lowest BCUT2D eigenvalue weighted by molar-refractivity contribution is 0.323. The molecule has 0 bridgehead atoms. The summed E-state index contributed by atoms with van der Waals surface area (Å²) >= 11 is 0. The molecular weight excluding hydrogens is 288 g/mol. The highest BCUT2D eigenvalue weighted by Crippen LogP contribution is 2.26. The fourth-order valence-electron chi connectivity index (χ4n) is 3.20. The lowest BCUT2D eigenvalue weighted by Crippen LogP contribution is -2.24. The first-order valence-electron chi connectivity index (χ1n) is 8.34. The van der Waals surface area contributed by atoms with Crippen molar-refractivity contribution in [2.24, 2.45) is 0 Å². The van der Waals surface area contributed by atoms with Gasteiger partial charge in [-0.1, -0.05) is 0 Å². The molecule has 1 saturated heterocycles. The smallest absolute Gasteiger partial charge is 0.139 e. The summed E-state index contributed by atoms with van der Waals surface area (Å²) in [6.07, 6.45) is 6.55. The highest BCUT2D eigenvalue weighted by molar-refractivity contribution is 5.59. The first-order chi connectivity index (χ1) is 11.1. The number of phenolic OH excluding ortho intramolecular Hbond substituents is 1. The van der Waals surface area contributed by atoms with E-state index in [0.29, 0.717) is 12.3 Å². The third-order valence-electron chi connectivity index (χ3n) is 4.40. The number of likely N-dealkylation sites (tertiary alicyclic amines) is 1. The van der Waals surface area contributed by atoms with Crippen LogP contribution in [0.2, 0.25) is 0 Å². The summed E-state index contributed by atoms with van der Waals surface area (Å²) in [5.41, 5.74) is 1.99. The SMILES string of the molecule is CN(C)Cc1cc(-c2nccn2CCN2CCCC2)ccc1O. The largest absolute Gasteiger partial charge is 0.508 e. The van der Waals surface area contributed by atoms with Crippen LogP contribution in [-0.2, 0) is 13.1 Å². The average Bonchev–Trinajstić information content (AvgIpc) is 3.17. The number of hydrogen-bond donors (Lipinski definition) is 1. The van der Waals surface area contributed by atoms with Gasteiger partial charge in [-0.15, -0.1) is 0 Å². The molecule has 0 radical (unpaired) electrons. The first-order valence-corrected chi connectivity index (χ1v) is 8.34. The predicted molar refractivity (Wildman–Crippen MR) is 92.4 cm³/mol. The Morgan fingerprint density at radius 1 is 1.17 bits per heavy atom.